The molecule has 20 heavy (non-hydrogen) atoms. The number of hydrogen-bond donors (Lipinski definition) is 0. The van der Waals surface area contributed by atoms with E-state index in [1.807, 2.05) is 25.1 Å². The van der Waals surface area contributed by atoms with Crippen LogP contribution in [0.4, 0.5) is 0 Å². The maximum atomic E-state index is 12.7. The van der Waals surface area contributed by atoms with Crippen LogP contribution in [0.25, 0.3) is 0 Å². The molecule has 0 saturated carbocycles. The van der Waals surface area contributed by atoms with Crippen molar-refractivity contribution in [3.05, 3.63) is 47.3 Å². The Morgan fingerprint density at radius 1 is 1.45 bits per heavy atom. The lowest BCUT2D eigenvalue weighted by atomic mass is 9.94. The lowest BCUT2D eigenvalue weighted by molar-refractivity contribution is 0.0340. The van der Waals surface area contributed by atoms with E-state index in [0.29, 0.717) is 18.8 Å². The molecule has 1 aromatic carbocycles. The van der Waals surface area contributed by atoms with Gasteiger partial charge in [-0.1, -0.05) is 36.4 Å². The molecule has 1 atom stereocenters. The number of nitrogens with zero attached hydrogens (tertiary/aromatic N) is 3. The van der Waals surface area contributed by atoms with Gasteiger partial charge in [0.1, 0.15) is 11.8 Å². The van der Waals surface area contributed by atoms with Crippen molar-refractivity contribution in [1.29, 1.82) is 0 Å². The van der Waals surface area contributed by atoms with Gasteiger partial charge in [0.25, 0.3) is 0 Å². The van der Waals surface area contributed by atoms with Crippen LogP contribution in [0, 0.1) is 0 Å². The van der Waals surface area contributed by atoms with Crippen molar-refractivity contribution in [2.45, 2.75) is 32.4 Å². The van der Waals surface area contributed by atoms with Gasteiger partial charge in [0.15, 0.2) is 0 Å². The van der Waals surface area contributed by atoms with E-state index in [2.05, 4.69) is 16.4 Å². The molecule has 1 aliphatic heterocycles. The Bertz CT molecular complexity index is 621. The van der Waals surface area contributed by atoms with Crippen LogP contribution in [0.2, 0.25) is 0 Å². The number of Topliss-reactive ketones (excluding diaryl/α,β-unsaturated/α-hetero) is 1. The molecule has 3 rings (SSSR count). The van der Waals surface area contributed by atoms with Crippen LogP contribution in [0.5, 0.6) is 0 Å². The molecule has 1 unspecified atom stereocenters. The monoisotopic (exact) mass is 271 g/mol. The summed E-state index contributed by atoms with van der Waals surface area (Å²) in [5, 5.41) is 7.82. The fourth-order valence-electron chi connectivity index (χ4n) is 2.57. The molecule has 0 fully saturated rings. The molecule has 0 saturated heterocycles. The largest absolute Gasteiger partial charge is 0.365 e. The Labute approximate surface area is 117 Å². The van der Waals surface area contributed by atoms with E-state index >= 15 is 0 Å². The SMILES string of the molecule is CCCn1nncc1C(=O)C1OCCc2ccccc21. The van der Waals surface area contributed by atoms with Gasteiger partial charge in [0.05, 0.1) is 12.8 Å². The minimum atomic E-state index is -0.533. The fourth-order valence-corrected chi connectivity index (χ4v) is 2.57. The van der Waals surface area contributed by atoms with Crippen LogP contribution in [0.15, 0.2) is 30.5 Å². The van der Waals surface area contributed by atoms with Crippen LogP contribution >= 0.6 is 0 Å². The predicted molar refractivity (Wildman–Crippen MR) is 73.5 cm³/mol. The lowest BCUT2D eigenvalue weighted by Crippen LogP contribution is -2.25. The third-order valence-corrected chi connectivity index (χ3v) is 3.54. The van der Waals surface area contributed by atoms with E-state index in [1.54, 1.807) is 4.68 Å². The van der Waals surface area contributed by atoms with Crippen LogP contribution < -0.4 is 0 Å². The Balaban J connectivity index is 1.94. The van der Waals surface area contributed by atoms with Gasteiger partial charge in [-0.15, -0.1) is 5.10 Å². The first kappa shape index (κ1) is 13.0. The molecule has 2 aromatic rings. The zero-order valence-corrected chi connectivity index (χ0v) is 11.5. The number of hydrogen-bond acceptors (Lipinski definition) is 4. The summed E-state index contributed by atoms with van der Waals surface area (Å²) >= 11 is 0. The van der Waals surface area contributed by atoms with E-state index in [1.165, 1.54) is 11.8 Å². The second-order valence-electron chi connectivity index (χ2n) is 4.91. The second-order valence-corrected chi connectivity index (χ2v) is 4.91. The number of fused-ring (bicyclic) bond motifs is 1. The van der Waals surface area contributed by atoms with Crippen molar-refractivity contribution in [3.8, 4) is 0 Å². The van der Waals surface area contributed by atoms with Crippen LogP contribution in [0.1, 0.15) is 41.1 Å². The number of aryl methyl sites for hydroxylation is 1. The van der Waals surface area contributed by atoms with Gasteiger partial charge < -0.3 is 4.74 Å². The number of carbonyl (C=O) groups is 1. The standard InChI is InChI=1S/C15H17N3O2/c1-2-8-18-13(10-16-17-18)14(19)15-12-6-4-3-5-11(12)7-9-20-15/h3-6,10,15H,2,7-9H2,1H3. The molecule has 5 heteroatoms. The summed E-state index contributed by atoms with van der Waals surface area (Å²) in [6.45, 7) is 3.31. The molecule has 5 nitrogen and oxygen atoms in total. The molecule has 0 amide bonds. The zero-order valence-electron chi connectivity index (χ0n) is 11.5. The number of benzene rings is 1. The molecule has 0 spiro atoms. The summed E-state index contributed by atoms with van der Waals surface area (Å²) in [5.74, 6) is -0.0596. The highest BCUT2D eigenvalue weighted by molar-refractivity contribution is 5.98. The molecule has 2 heterocycles. The van der Waals surface area contributed by atoms with Gasteiger partial charge in [0, 0.05) is 6.54 Å². The molecule has 1 aliphatic rings. The summed E-state index contributed by atoms with van der Waals surface area (Å²) in [4.78, 5) is 12.7. The third kappa shape index (κ3) is 2.25. The number of carbonyl (C=O) groups excluding carboxylic acids is 1. The first-order chi connectivity index (χ1) is 9.81. The van der Waals surface area contributed by atoms with Gasteiger partial charge in [-0.05, 0) is 24.0 Å². The quantitative estimate of drug-likeness (QED) is 0.800. The van der Waals surface area contributed by atoms with E-state index in [-0.39, 0.29) is 5.78 Å². The highest BCUT2D eigenvalue weighted by atomic mass is 16.5. The number of ketones is 1. The van der Waals surface area contributed by atoms with Gasteiger partial charge in [-0.3, -0.25) is 4.79 Å². The molecule has 1 aromatic heterocycles. The highest BCUT2D eigenvalue weighted by Gasteiger charge is 2.30. The maximum Gasteiger partial charge on any atom is 0.215 e. The molecule has 0 radical (unpaired) electrons. The number of aromatic nitrogens is 3. The maximum absolute atomic E-state index is 12.7. The topological polar surface area (TPSA) is 57.0 Å². The fraction of sp³-hybridized carbons (Fsp3) is 0.400. The zero-order chi connectivity index (χ0) is 13.9. The predicted octanol–water partition coefficient (Wildman–Crippen LogP) is 2.18. The minimum absolute atomic E-state index is 0.0596. The van der Waals surface area contributed by atoms with Crippen LogP contribution in [0.3, 0.4) is 0 Å². The van der Waals surface area contributed by atoms with E-state index < -0.39 is 6.10 Å². The van der Waals surface area contributed by atoms with Crippen molar-refractivity contribution in [2.75, 3.05) is 6.61 Å². The molecule has 104 valence electrons. The number of rotatable bonds is 4. The Morgan fingerprint density at radius 3 is 3.15 bits per heavy atom. The van der Waals surface area contributed by atoms with Gasteiger partial charge in [-0.2, -0.15) is 0 Å². The smallest absolute Gasteiger partial charge is 0.215 e. The van der Waals surface area contributed by atoms with Crippen molar-refractivity contribution in [1.82, 2.24) is 15.0 Å². The van der Waals surface area contributed by atoms with E-state index in [4.69, 9.17) is 4.74 Å². The van der Waals surface area contributed by atoms with Gasteiger partial charge in [-0.25, -0.2) is 4.68 Å². The molecular weight excluding hydrogens is 254 g/mol. The Morgan fingerprint density at radius 2 is 2.30 bits per heavy atom. The normalized spacial score (nSPS) is 17.8. The highest BCUT2D eigenvalue weighted by Crippen LogP contribution is 2.29. The minimum Gasteiger partial charge on any atom is -0.365 e. The van der Waals surface area contributed by atoms with E-state index in [0.717, 1.165) is 18.4 Å². The summed E-state index contributed by atoms with van der Waals surface area (Å²) in [7, 11) is 0. The Hall–Kier alpha value is -2.01. The molecular formula is C15H17N3O2. The van der Waals surface area contributed by atoms with Crippen molar-refractivity contribution >= 4 is 5.78 Å². The first-order valence-electron chi connectivity index (χ1n) is 6.93. The van der Waals surface area contributed by atoms with Gasteiger partial charge >= 0.3 is 0 Å². The summed E-state index contributed by atoms with van der Waals surface area (Å²) in [5.41, 5.74) is 2.67. The molecule has 0 bridgehead atoms. The van der Waals surface area contributed by atoms with Crippen molar-refractivity contribution in [2.24, 2.45) is 0 Å². The number of ether oxygens (including phenoxy) is 1. The van der Waals surface area contributed by atoms with E-state index in [9.17, 15) is 4.79 Å². The average Bonchev–Trinajstić information content (AvgIpc) is 2.94. The molecule has 0 aliphatic carbocycles. The second kappa shape index (κ2) is 5.54. The summed E-state index contributed by atoms with van der Waals surface area (Å²) in [6.07, 6.45) is 2.76. The lowest BCUT2D eigenvalue weighted by Gasteiger charge is -2.24. The van der Waals surface area contributed by atoms with Crippen molar-refractivity contribution < 1.29 is 9.53 Å². The average molecular weight is 271 g/mol. The Kier molecular flexibility index (Phi) is 3.60. The molecule has 0 N–H and O–H groups in total. The summed E-state index contributed by atoms with van der Waals surface area (Å²) in [6, 6.07) is 7.95. The van der Waals surface area contributed by atoms with Crippen LogP contribution in [-0.2, 0) is 17.7 Å². The first-order valence-corrected chi connectivity index (χ1v) is 6.93. The van der Waals surface area contributed by atoms with Crippen LogP contribution in [-0.4, -0.2) is 27.4 Å². The van der Waals surface area contributed by atoms with Gasteiger partial charge in [0.2, 0.25) is 5.78 Å². The van der Waals surface area contributed by atoms with Crippen molar-refractivity contribution in [3.63, 3.8) is 0 Å². The third-order valence-electron chi connectivity index (χ3n) is 3.54. The summed E-state index contributed by atoms with van der Waals surface area (Å²) < 4.78 is 7.36.